The Labute approximate surface area is 116 Å². The average Bonchev–Trinajstić information content (AvgIpc) is 2.98. The molecule has 2 heterocycles. The second-order valence-electron chi connectivity index (χ2n) is 4.72. The third-order valence-electron chi connectivity index (χ3n) is 3.45. The van der Waals surface area contributed by atoms with E-state index in [0.717, 1.165) is 25.9 Å². The number of nitrogens with zero attached hydrogens (tertiary/aromatic N) is 1. The predicted molar refractivity (Wildman–Crippen MR) is 75.0 cm³/mol. The van der Waals surface area contributed by atoms with Crippen molar-refractivity contribution in [3.05, 3.63) is 22.4 Å². The van der Waals surface area contributed by atoms with E-state index in [0.29, 0.717) is 17.3 Å². The topological polar surface area (TPSA) is 75.4 Å². The van der Waals surface area contributed by atoms with Crippen LogP contribution in [-0.4, -0.2) is 42.9 Å². The Hall–Kier alpha value is -1.40. The number of carbonyl (C=O) groups is 2. The average molecular weight is 281 g/mol. The van der Waals surface area contributed by atoms with Crippen molar-refractivity contribution in [2.75, 3.05) is 26.2 Å². The molecule has 0 bridgehead atoms. The maximum atomic E-state index is 12.0. The zero-order valence-corrected chi connectivity index (χ0v) is 11.6. The van der Waals surface area contributed by atoms with Crippen LogP contribution in [0.3, 0.4) is 0 Å². The number of nitrogens with one attached hydrogen (secondary N) is 1. The number of piperidine rings is 1. The van der Waals surface area contributed by atoms with E-state index in [1.165, 1.54) is 11.3 Å². The highest BCUT2D eigenvalue weighted by Gasteiger charge is 2.22. The lowest BCUT2D eigenvalue weighted by molar-refractivity contribution is -0.131. The summed E-state index contributed by atoms with van der Waals surface area (Å²) in [5, 5.41) is 4.50. The van der Waals surface area contributed by atoms with E-state index >= 15 is 0 Å². The number of carbonyl (C=O) groups excluding carboxylic acids is 2. The number of likely N-dealkylation sites (tertiary alicyclic amines) is 1. The normalized spacial score (nSPS) is 16.4. The number of hydrogen-bond acceptors (Lipinski definition) is 4. The van der Waals surface area contributed by atoms with Crippen molar-refractivity contribution in [2.45, 2.75) is 12.8 Å². The molecular weight excluding hydrogens is 262 g/mol. The fraction of sp³-hybridized carbons (Fsp3) is 0.538. The summed E-state index contributed by atoms with van der Waals surface area (Å²) >= 11 is 1.37. The minimum Gasteiger partial charge on any atom is -0.342 e. The first kappa shape index (κ1) is 14.0. The Bertz CT molecular complexity index is 425. The molecule has 0 radical (unpaired) electrons. The minimum absolute atomic E-state index is 0.0135. The standard InChI is InChI=1S/C13H19N3O2S/c14-8-10-3-5-16(6-4-10)12(17)9-15-13(18)11-2-1-7-19-11/h1-2,7,10H,3-6,8-9,14H2,(H,15,18). The molecule has 1 aromatic heterocycles. The van der Waals surface area contributed by atoms with Crippen LogP contribution < -0.4 is 11.1 Å². The van der Waals surface area contributed by atoms with Crippen molar-refractivity contribution < 1.29 is 9.59 Å². The molecule has 0 aliphatic carbocycles. The molecule has 0 saturated carbocycles. The zero-order valence-electron chi connectivity index (χ0n) is 10.8. The molecular formula is C13H19N3O2S. The lowest BCUT2D eigenvalue weighted by Crippen LogP contribution is -2.44. The highest BCUT2D eigenvalue weighted by molar-refractivity contribution is 7.12. The fourth-order valence-corrected chi connectivity index (χ4v) is 2.82. The van der Waals surface area contributed by atoms with Crippen LogP contribution in [0, 0.1) is 5.92 Å². The number of rotatable bonds is 4. The van der Waals surface area contributed by atoms with Gasteiger partial charge in [-0.05, 0) is 36.8 Å². The molecule has 1 saturated heterocycles. The highest BCUT2D eigenvalue weighted by Crippen LogP contribution is 2.15. The highest BCUT2D eigenvalue weighted by atomic mass is 32.1. The zero-order chi connectivity index (χ0) is 13.7. The van der Waals surface area contributed by atoms with Crippen LogP contribution in [0.2, 0.25) is 0 Å². The monoisotopic (exact) mass is 281 g/mol. The summed E-state index contributed by atoms with van der Waals surface area (Å²) in [5.74, 6) is 0.338. The molecule has 0 unspecified atom stereocenters. The van der Waals surface area contributed by atoms with Gasteiger partial charge >= 0.3 is 0 Å². The Morgan fingerprint density at radius 2 is 2.16 bits per heavy atom. The molecule has 1 fully saturated rings. The molecule has 6 heteroatoms. The number of amides is 2. The van der Waals surface area contributed by atoms with Gasteiger partial charge in [-0.15, -0.1) is 11.3 Å². The van der Waals surface area contributed by atoms with Crippen LogP contribution in [0.4, 0.5) is 0 Å². The van der Waals surface area contributed by atoms with Crippen molar-refractivity contribution in [3.63, 3.8) is 0 Å². The molecule has 19 heavy (non-hydrogen) atoms. The molecule has 1 aromatic rings. The van der Waals surface area contributed by atoms with Crippen LogP contribution in [-0.2, 0) is 4.79 Å². The lowest BCUT2D eigenvalue weighted by atomic mass is 9.97. The largest absolute Gasteiger partial charge is 0.342 e. The number of nitrogens with two attached hydrogens (primary N) is 1. The minimum atomic E-state index is -0.180. The first-order chi connectivity index (χ1) is 9.20. The predicted octanol–water partition coefficient (Wildman–Crippen LogP) is 0.675. The molecule has 2 rings (SSSR count). The van der Waals surface area contributed by atoms with Gasteiger partial charge in [0.2, 0.25) is 5.91 Å². The molecule has 0 spiro atoms. The molecule has 3 N–H and O–H groups in total. The second kappa shape index (κ2) is 6.68. The molecule has 104 valence electrons. The first-order valence-corrected chi connectivity index (χ1v) is 7.38. The fourth-order valence-electron chi connectivity index (χ4n) is 2.18. The van der Waals surface area contributed by atoms with Gasteiger partial charge in [0.1, 0.15) is 0 Å². The van der Waals surface area contributed by atoms with Crippen molar-refractivity contribution >= 4 is 23.2 Å². The quantitative estimate of drug-likeness (QED) is 0.852. The summed E-state index contributed by atoms with van der Waals surface area (Å²) in [5.41, 5.74) is 5.62. The second-order valence-corrected chi connectivity index (χ2v) is 5.67. The summed E-state index contributed by atoms with van der Waals surface area (Å²) in [6.45, 7) is 2.26. The number of hydrogen-bond donors (Lipinski definition) is 2. The van der Waals surface area contributed by atoms with Crippen molar-refractivity contribution in [3.8, 4) is 0 Å². The van der Waals surface area contributed by atoms with Gasteiger partial charge < -0.3 is 16.0 Å². The van der Waals surface area contributed by atoms with Gasteiger partial charge in [-0.2, -0.15) is 0 Å². The van der Waals surface area contributed by atoms with E-state index in [4.69, 9.17) is 5.73 Å². The Kier molecular flexibility index (Phi) is 4.93. The van der Waals surface area contributed by atoms with Gasteiger partial charge in [0.15, 0.2) is 0 Å². The van der Waals surface area contributed by atoms with Crippen molar-refractivity contribution in [1.29, 1.82) is 0 Å². The van der Waals surface area contributed by atoms with Crippen LogP contribution >= 0.6 is 11.3 Å². The van der Waals surface area contributed by atoms with Gasteiger partial charge in [0, 0.05) is 13.1 Å². The van der Waals surface area contributed by atoms with E-state index in [1.54, 1.807) is 11.0 Å². The Balaban J connectivity index is 1.74. The van der Waals surface area contributed by atoms with Gasteiger partial charge in [-0.1, -0.05) is 6.07 Å². The Morgan fingerprint density at radius 3 is 2.74 bits per heavy atom. The van der Waals surface area contributed by atoms with Crippen molar-refractivity contribution in [1.82, 2.24) is 10.2 Å². The summed E-state index contributed by atoms with van der Waals surface area (Å²) in [4.78, 5) is 26.1. The van der Waals surface area contributed by atoms with E-state index < -0.39 is 0 Å². The molecule has 1 aliphatic heterocycles. The number of thiophene rings is 1. The van der Waals surface area contributed by atoms with Crippen LogP contribution in [0.1, 0.15) is 22.5 Å². The van der Waals surface area contributed by atoms with E-state index in [2.05, 4.69) is 5.32 Å². The van der Waals surface area contributed by atoms with Gasteiger partial charge in [0.25, 0.3) is 5.91 Å². The van der Waals surface area contributed by atoms with Gasteiger partial charge in [-0.25, -0.2) is 0 Å². The van der Waals surface area contributed by atoms with E-state index in [1.807, 2.05) is 11.4 Å². The molecule has 5 nitrogen and oxygen atoms in total. The van der Waals surface area contributed by atoms with Gasteiger partial charge in [-0.3, -0.25) is 9.59 Å². The maximum absolute atomic E-state index is 12.0. The molecule has 2 amide bonds. The molecule has 1 aliphatic rings. The molecule has 0 atom stereocenters. The van der Waals surface area contributed by atoms with Crippen LogP contribution in [0.15, 0.2) is 17.5 Å². The lowest BCUT2D eigenvalue weighted by Gasteiger charge is -2.31. The summed E-state index contributed by atoms with van der Waals surface area (Å²) in [6, 6.07) is 3.57. The van der Waals surface area contributed by atoms with Crippen LogP contribution in [0.25, 0.3) is 0 Å². The smallest absolute Gasteiger partial charge is 0.261 e. The summed E-state index contributed by atoms with van der Waals surface area (Å²) in [6.07, 6.45) is 1.92. The molecule has 0 aromatic carbocycles. The van der Waals surface area contributed by atoms with E-state index in [9.17, 15) is 9.59 Å². The first-order valence-electron chi connectivity index (χ1n) is 6.50. The Morgan fingerprint density at radius 1 is 1.42 bits per heavy atom. The van der Waals surface area contributed by atoms with Gasteiger partial charge in [0.05, 0.1) is 11.4 Å². The van der Waals surface area contributed by atoms with Crippen LogP contribution in [0.5, 0.6) is 0 Å². The van der Waals surface area contributed by atoms with Crippen molar-refractivity contribution in [2.24, 2.45) is 11.7 Å². The third-order valence-corrected chi connectivity index (χ3v) is 4.31. The maximum Gasteiger partial charge on any atom is 0.261 e. The van der Waals surface area contributed by atoms with E-state index in [-0.39, 0.29) is 18.4 Å². The summed E-state index contributed by atoms with van der Waals surface area (Å²) < 4.78 is 0. The SMILES string of the molecule is NCC1CCN(C(=O)CNC(=O)c2cccs2)CC1. The third kappa shape index (κ3) is 3.78. The summed E-state index contributed by atoms with van der Waals surface area (Å²) in [7, 11) is 0.